The van der Waals surface area contributed by atoms with Gasteiger partial charge >= 0.3 is 29.8 Å². The van der Waals surface area contributed by atoms with Crippen LogP contribution in [0.1, 0.15) is 18.5 Å². The molecule has 0 unspecified atom stereocenters. The van der Waals surface area contributed by atoms with Crippen LogP contribution in [0.3, 0.4) is 0 Å². The van der Waals surface area contributed by atoms with Crippen molar-refractivity contribution in [3.05, 3.63) is 18.2 Å². The minimum Gasteiger partial charge on any atom is -0.481 e. The molecule has 15 heteroatoms. The molecular formula is C14H19N5O10. The van der Waals surface area contributed by atoms with Gasteiger partial charge < -0.3 is 30.5 Å². The Bertz CT molecular complexity index is 752. The number of nitrogens with one attached hydrogen (secondary N) is 3. The molecule has 0 fully saturated rings. The summed E-state index contributed by atoms with van der Waals surface area (Å²) in [6, 6.07) is -5.39. The van der Waals surface area contributed by atoms with E-state index in [1.165, 1.54) is 12.5 Å². The van der Waals surface area contributed by atoms with Gasteiger partial charge in [-0.2, -0.15) is 5.12 Å². The lowest BCUT2D eigenvalue weighted by Crippen LogP contribution is -2.65. The zero-order valence-electron chi connectivity index (χ0n) is 14.7. The van der Waals surface area contributed by atoms with Gasteiger partial charge in [0.05, 0.1) is 19.2 Å². The summed E-state index contributed by atoms with van der Waals surface area (Å²) < 4.78 is 0. The molecule has 1 aromatic rings. The van der Waals surface area contributed by atoms with E-state index in [2.05, 4.69) is 15.4 Å². The molecule has 29 heavy (non-hydrogen) atoms. The van der Waals surface area contributed by atoms with Gasteiger partial charge in [0.1, 0.15) is 18.1 Å². The van der Waals surface area contributed by atoms with E-state index >= 15 is 0 Å². The van der Waals surface area contributed by atoms with Crippen LogP contribution in [0.2, 0.25) is 0 Å². The van der Waals surface area contributed by atoms with Crippen molar-refractivity contribution in [2.24, 2.45) is 0 Å². The quantitative estimate of drug-likeness (QED) is 0.147. The van der Waals surface area contributed by atoms with E-state index in [4.69, 9.17) is 15.3 Å². The summed E-state index contributed by atoms with van der Waals surface area (Å²) >= 11 is 0. The fourth-order valence-corrected chi connectivity index (χ4v) is 2.17. The first-order valence-corrected chi connectivity index (χ1v) is 7.92. The van der Waals surface area contributed by atoms with Crippen molar-refractivity contribution in [2.45, 2.75) is 37.4 Å². The third-order valence-corrected chi connectivity index (χ3v) is 3.51. The molecule has 0 saturated carbocycles. The van der Waals surface area contributed by atoms with Crippen molar-refractivity contribution < 1.29 is 49.5 Å². The molecule has 3 atom stereocenters. The zero-order chi connectivity index (χ0) is 22.1. The van der Waals surface area contributed by atoms with Crippen LogP contribution in [0.25, 0.3) is 0 Å². The number of carboxylic acid groups (broad SMARTS) is 5. The topological polar surface area (TPSA) is 242 Å². The predicted molar refractivity (Wildman–Crippen MR) is 89.2 cm³/mol. The number of H-pyrrole nitrogens is 1. The number of carbonyl (C=O) groups is 5. The highest BCUT2D eigenvalue weighted by atomic mass is 16.4. The van der Waals surface area contributed by atoms with Crippen LogP contribution < -0.4 is 10.9 Å². The lowest BCUT2D eigenvalue weighted by atomic mass is 10.1. The Morgan fingerprint density at radius 2 is 1.45 bits per heavy atom. The summed E-state index contributed by atoms with van der Waals surface area (Å²) in [5, 5.41) is 46.0. The normalized spacial score (nSPS) is 14.1. The van der Waals surface area contributed by atoms with E-state index in [1.807, 2.05) is 5.43 Å². The molecule has 1 aromatic heterocycles. The Kier molecular flexibility index (Phi) is 8.66. The van der Waals surface area contributed by atoms with Gasteiger partial charge in [0.2, 0.25) is 0 Å². The number of hydrazine groups is 2. The highest BCUT2D eigenvalue weighted by Crippen LogP contribution is 2.07. The van der Waals surface area contributed by atoms with Crippen molar-refractivity contribution in [3.8, 4) is 0 Å². The molecule has 0 radical (unpaired) electrons. The summed E-state index contributed by atoms with van der Waals surface area (Å²) in [7, 11) is 0. The van der Waals surface area contributed by atoms with Crippen LogP contribution >= 0.6 is 0 Å². The van der Waals surface area contributed by atoms with Crippen molar-refractivity contribution in [3.63, 3.8) is 0 Å². The molecule has 1 heterocycles. The van der Waals surface area contributed by atoms with Gasteiger partial charge in [-0.05, 0) is 0 Å². The largest absolute Gasteiger partial charge is 0.481 e. The van der Waals surface area contributed by atoms with Gasteiger partial charge in [-0.25, -0.2) is 15.8 Å². The lowest BCUT2D eigenvalue weighted by Gasteiger charge is -2.33. The van der Waals surface area contributed by atoms with Crippen molar-refractivity contribution >= 4 is 29.8 Å². The number of rotatable bonds is 14. The zero-order valence-corrected chi connectivity index (χ0v) is 14.7. The van der Waals surface area contributed by atoms with Crippen molar-refractivity contribution in [1.29, 1.82) is 0 Å². The molecule has 160 valence electrons. The second-order valence-corrected chi connectivity index (χ2v) is 5.74. The average molecular weight is 417 g/mol. The number of hydrogen-bond donors (Lipinski definition) is 8. The Morgan fingerprint density at radius 1 is 0.897 bits per heavy atom. The molecule has 0 aliphatic heterocycles. The van der Waals surface area contributed by atoms with Crippen LogP contribution in [0.4, 0.5) is 0 Å². The summed E-state index contributed by atoms with van der Waals surface area (Å²) in [5.41, 5.74) is 4.59. The number of nitrogens with zero attached hydrogens (tertiary/aromatic N) is 2. The Morgan fingerprint density at radius 3 is 1.86 bits per heavy atom. The lowest BCUT2D eigenvalue weighted by molar-refractivity contribution is -0.160. The van der Waals surface area contributed by atoms with Crippen molar-refractivity contribution in [1.82, 2.24) is 25.9 Å². The number of hydrogen-bond acceptors (Lipinski definition) is 9. The van der Waals surface area contributed by atoms with Gasteiger partial charge in [0.15, 0.2) is 0 Å². The van der Waals surface area contributed by atoms with E-state index in [1.54, 1.807) is 0 Å². The minimum absolute atomic E-state index is 0.260. The third-order valence-electron chi connectivity index (χ3n) is 3.51. The maximum Gasteiger partial charge on any atom is 0.324 e. The smallest absolute Gasteiger partial charge is 0.324 e. The van der Waals surface area contributed by atoms with E-state index < -0.39 is 60.8 Å². The first-order chi connectivity index (χ1) is 13.5. The van der Waals surface area contributed by atoms with Gasteiger partial charge in [-0.15, -0.1) is 0 Å². The Labute approximate surface area is 161 Å². The summed E-state index contributed by atoms with van der Waals surface area (Å²) in [5.74, 6) is -7.99. The Balaban J connectivity index is 3.18. The van der Waals surface area contributed by atoms with Crippen LogP contribution in [0.5, 0.6) is 0 Å². The summed E-state index contributed by atoms with van der Waals surface area (Å²) in [4.78, 5) is 62.5. The molecular weight excluding hydrogens is 398 g/mol. The van der Waals surface area contributed by atoms with Crippen molar-refractivity contribution in [2.75, 3.05) is 0 Å². The molecule has 0 amide bonds. The molecule has 0 aliphatic rings. The Hall–Kier alpha value is -3.56. The highest BCUT2D eigenvalue weighted by molar-refractivity contribution is 5.82. The maximum atomic E-state index is 11.5. The van der Waals surface area contributed by atoms with Gasteiger partial charge in [0.25, 0.3) is 0 Å². The second kappa shape index (κ2) is 10.7. The van der Waals surface area contributed by atoms with Crippen LogP contribution in [0.15, 0.2) is 12.5 Å². The maximum absolute atomic E-state index is 11.5. The molecule has 0 saturated heterocycles. The fourth-order valence-electron chi connectivity index (χ4n) is 2.17. The summed E-state index contributed by atoms with van der Waals surface area (Å²) in [6.07, 6.45) is 0.258. The molecule has 0 aromatic carbocycles. The third kappa shape index (κ3) is 7.91. The molecule has 0 aliphatic carbocycles. The number of aliphatic carboxylic acids is 5. The average Bonchev–Trinajstić information content (AvgIpc) is 3.09. The molecule has 8 N–H and O–H groups in total. The number of imidazole rings is 1. The first kappa shape index (κ1) is 23.5. The predicted octanol–water partition coefficient (Wildman–Crippen LogP) is -2.43. The second-order valence-electron chi connectivity index (χ2n) is 5.74. The summed E-state index contributed by atoms with van der Waals surface area (Å²) in [6.45, 7) is 0. The molecule has 15 nitrogen and oxygen atoms in total. The first-order valence-electron chi connectivity index (χ1n) is 7.92. The molecule has 0 spiro atoms. The van der Waals surface area contributed by atoms with Crippen LogP contribution in [-0.2, 0) is 30.4 Å². The van der Waals surface area contributed by atoms with E-state index in [9.17, 15) is 34.2 Å². The van der Waals surface area contributed by atoms with Crippen LogP contribution in [-0.4, -0.2) is 88.6 Å². The monoisotopic (exact) mass is 417 g/mol. The van der Waals surface area contributed by atoms with E-state index in [-0.39, 0.29) is 6.42 Å². The van der Waals surface area contributed by atoms with E-state index in [0.717, 1.165) is 0 Å². The molecule has 0 bridgehead atoms. The SMILES string of the molecule is O=C(O)C[C@H](NN(N[C@@H](Cc1cnc[nH]1)C(=O)O)[C@@H](CC(=O)O)C(=O)O)C(=O)O. The number of aromatic amines is 1. The van der Waals surface area contributed by atoms with Gasteiger partial charge in [-0.3, -0.25) is 24.0 Å². The highest BCUT2D eigenvalue weighted by Gasteiger charge is 2.35. The van der Waals surface area contributed by atoms with E-state index in [0.29, 0.717) is 10.8 Å². The van der Waals surface area contributed by atoms with Gasteiger partial charge in [0, 0.05) is 18.3 Å². The minimum atomic E-state index is -1.97. The standard InChI is InChI=1S/C14H19N5O10/c20-10(21)2-8(13(26)27)18-19(9(14(28)29)3-11(22)23)17-7(12(24)25)1-6-4-15-5-16-6/h4-5,7-9,17-18H,1-3H2,(H,15,16)(H,20,21)(H,22,23)(H,24,25)(H,26,27)(H,28,29)/t7-,8-,9-/m0/s1. The fraction of sp³-hybridized carbons (Fsp3) is 0.429. The number of aromatic nitrogens is 2. The number of carboxylic acids is 5. The molecule has 1 rings (SSSR count). The van der Waals surface area contributed by atoms with Gasteiger partial charge in [-0.1, -0.05) is 0 Å². The van der Waals surface area contributed by atoms with Crippen LogP contribution in [0, 0.1) is 0 Å².